The van der Waals surface area contributed by atoms with Crippen LogP contribution < -0.4 is 5.32 Å². The Morgan fingerprint density at radius 2 is 2.00 bits per heavy atom. The van der Waals surface area contributed by atoms with Gasteiger partial charge in [-0.25, -0.2) is 0 Å². The van der Waals surface area contributed by atoms with E-state index in [9.17, 15) is 9.59 Å². The number of likely N-dealkylation sites (N-methyl/N-ethyl adjacent to an activating group) is 1. The first kappa shape index (κ1) is 17.0. The van der Waals surface area contributed by atoms with Gasteiger partial charge in [0.15, 0.2) is 0 Å². The third kappa shape index (κ3) is 5.49. The van der Waals surface area contributed by atoms with Crippen LogP contribution in [-0.4, -0.2) is 49.1 Å². The Hall–Kier alpha value is -1.10. The van der Waals surface area contributed by atoms with Crippen LogP contribution in [0.2, 0.25) is 0 Å². The highest BCUT2D eigenvalue weighted by molar-refractivity contribution is 5.78. The van der Waals surface area contributed by atoms with Gasteiger partial charge in [-0.1, -0.05) is 20.8 Å². The molecule has 0 aromatic rings. The van der Waals surface area contributed by atoms with E-state index in [1.165, 1.54) is 0 Å². The zero-order chi connectivity index (χ0) is 15.1. The number of nitrogens with zero attached hydrogens (tertiary/aromatic N) is 1. The van der Waals surface area contributed by atoms with Crippen LogP contribution in [-0.2, 0) is 14.3 Å². The fourth-order valence-electron chi connectivity index (χ4n) is 2.64. The normalized spacial score (nSPS) is 23.6. The van der Waals surface area contributed by atoms with Gasteiger partial charge in [0.2, 0.25) is 5.91 Å². The van der Waals surface area contributed by atoms with Crippen molar-refractivity contribution in [3.63, 3.8) is 0 Å². The molecule has 116 valence electrons. The molecule has 0 aromatic heterocycles. The summed E-state index contributed by atoms with van der Waals surface area (Å²) >= 11 is 0. The fourth-order valence-corrected chi connectivity index (χ4v) is 2.64. The number of ether oxygens (including phenoxy) is 1. The molecule has 1 aliphatic rings. The summed E-state index contributed by atoms with van der Waals surface area (Å²) in [6.07, 6.45) is 1.30. The smallest absolute Gasteiger partial charge is 0.306 e. The van der Waals surface area contributed by atoms with Crippen LogP contribution in [0, 0.1) is 11.8 Å². The van der Waals surface area contributed by atoms with Gasteiger partial charge in [0.05, 0.1) is 6.61 Å². The van der Waals surface area contributed by atoms with Crippen molar-refractivity contribution in [2.75, 3.05) is 26.2 Å². The maximum atomic E-state index is 11.8. The number of hydrogen-bond donors (Lipinski definition) is 1. The second kappa shape index (κ2) is 8.25. The number of esters is 1. The number of carbonyl (C=O) groups excluding carboxylic acids is 2. The summed E-state index contributed by atoms with van der Waals surface area (Å²) in [5.41, 5.74) is 0. The summed E-state index contributed by atoms with van der Waals surface area (Å²) < 4.78 is 5.02. The molecule has 0 bridgehead atoms. The van der Waals surface area contributed by atoms with Gasteiger partial charge in [-0.05, 0) is 25.8 Å². The van der Waals surface area contributed by atoms with E-state index in [4.69, 9.17) is 4.74 Å². The molecule has 1 saturated heterocycles. The molecule has 1 rings (SSSR count). The minimum Gasteiger partial charge on any atom is -0.466 e. The first-order valence-corrected chi connectivity index (χ1v) is 7.64. The minimum atomic E-state index is -0.135. The molecule has 0 aromatic carbocycles. The number of nitrogens with one attached hydrogen (secondary N) is 1. The third-order valence-electron chi connectivity index (χ3n) is 3.69. The van der Waals surface area contributed by atoms with E-state index < -0.39 is 0 Å². The lowest BCUT2D eigenvalue weighted by Crippen LogP contribution is -2.51. The highest BCUT2D eigenvalue weighted by Crippen LogP contribution is 2.20. The average Bonchev–Trinajstić information content (AvgIpc) is 2.38. The molecular weight excluding hydrogens is 256 g/mol. The van der Waals surface area contributed by atoms with Crippen molar-refractivity contribution in [1.82, 2.24) is 10.2 Å². The van der Waals surface area contributed by atoms with Crippen molar-refractivity contribution in [3.8, 4) is 0 Å². The van der Waals surface area contributed by atoms with Crippen LogP contribution >= 0.6 is 0 Å². The molecule has 1 heterocycles. The number of amides is 1. The first-order chi connectivity index (χ1) is 9.46. The van der Waals surface area contributed by atoms with Crippen molar-refractivity contribution in [1.29, 1.82) is 0 Å². The van der Waals surface area contributed by atoms with Gasteiger partial charge >= 0.3 is 5.97 Å². The van der Waals surface area contributed by atoms with Crippen LogP contribution in [0.25, 0.3) is 0 Å². The Morgan fingerprint density at radius 1 is 1.30 bits per heavy atom. The molecule has 0 saturated carbocycles. The van der Waals surface area contributed by atoms with Crippen molar-refractivity contribution in [3.05, 3.63) is 0 Å². The zero-order valence-corrected chi connectivity index (χ0v) is 13.1. The minimum absolute atomic E-state index is 0.00416. The number of hydrogen-bond acceptors (Lipinski definition) is 4. The maximum absolute atomic E-state index is 11.8. The number of piperidine rings is 1. The van der Waals surface area contributed by atoms with Gasteiger partial charge in [-0.15, -0.1) is 0 Å². The number of rotatable bonds is 6. The van der Waals surface area contributed by atoms with Gasteiger partial charge in [-0.2, -0.15) is 0 Å². The highest BCUT2D eigenvalue weighted by Gasteiger charge is 2.29. The van der Waals surface area contributed by atoms with E-state index in [0.717, 1.165) is 26.1 Å². The summed E-state index contributed by atoms with van der Waals surface area (Å²) in [7, 11) is 0. The quantitative estimate of drug-likeness (QED) is 0.750. The van der Waals surface area contributed by atoms with E-state index in [0.29, 0.717) is 13.0 Å². The van der Waals surface area contributed by atoms with Gasteiger partial charge in [-0.3, -0.25) is 9.59 Å². The molecular formula is C15H28N2O3. The van der Waals surface area contributed by atoms with E-state index in [1.807, 2.05) is 20.8 Å². The molecule has 1 aliphatic heterocycles. The second-order valence-corrected chi connectivity index (χ2v) is 5.82. The molecule has 0 radical (unpaired) electrons. The Morgan fingerprint density at radius 3 is 2.55 bits per heavy atom. The molecule has 1 N–H and O–H groups in total. The molecule has 0 aliphatic carbocycles. The zero-order valence-electron chi connectivity index (χ0n) is 13.1. The van der Waals surface area contributed by atoms with Crippen LogP contribution in [0.4, 0.5) is 0 Å². The Balaban J connectivity index is 2.55. The fraction of sp³-hybridized carbons (Fsp3) is 0.867. The lowest BCUT2D eigenvalue weighted by molar-refractivity contribution is -0.144. The lowest BCUT2D eigenvalue weighted by atomic mass is 9.91. The molecule has 5 nitrogen and oxygen atoms in total. The van der Waals surface area contributed by atoms with Gasteiger partial charge in [0.25, 0.3) is 0 Å². The molecule has 0 spiro atoms. The largest absolute Gasteiger partial charge is 0.466 e. The molecule has 2 unspecified atom stereocenters. The first-order valence-electron chi connectivity index (χ1n) is 7.64. The SMILES string of the molecule is CCOC(=O)CC1CC(NC(=O)C(C)C)CN(CC)C1. The van der Waals surface area contributed by atoms with Gasteiger partial charge in [0, 0.05) is 31.5 Å². The summed E-state index contributed by atoms with van der Waals surface area (Å²) in [6, 6.07) is 0.137. The summed E-state index contributed by atoms with van der Waals surface area (Å²) in [5.74, 6) is 0.211. The van der Waals surface area contributed by atoms with Crippen LogP contribution in [0.5, 0.6) is 0 Å². The van der Waals surface area contributed by atoms with E-state index in [1.54, 1.807) is 0 Å². The number of likely N-dealkylation sites (tertiary alicyclic amines) is 1. The van der Waals surface area contributed by atoms with E-state index in [-0.39, 0.29) is 29.8 Å². The highest BCUT2D eigenvalue weighted by atomic mass is 16.5. The lowest BCUT2D eigenvalue weighted by Gasteiger charge is -2.37. The van der Waals surface area contributed by atoms with Crippen molar-refractivity contribution >= 4 is 11.9 Å². The van der Waals surface area contributed by atoms with Crippen LogP contribution in [0.3, 0.4) is 0 Å². The van der Waals surface area contributed by atoms with Crippen molar-refractivity contribution in [2.24, 2.45) is 11.8 Å². The summed E-state index contributed by atoms with van der Waals surface area (Å²) in [6.45, 7) is 10.9. The molecule has 2 atom stereocenters. The summed E-state index contributed by atoms with van der Waals surface area (Å²) in [5, 5.41) is 3.09. The van der Waals surface area contributed by atoms with Gasteiger partial charge < -0.3 is 15.0 Å². The summed E-state index contributed by atoms with van der Waals surface area (Å²) in [4.78, 5) is 25.7. The van der Waals surface area contributed by atoms with Crippen LogP contribution in [0.15, 0.2) is 0 Å². The maximum Gasteiger partial charge on any atom is 0.306 e. The molecule has 20 heavy (non-hydrogen) atoms. The predicted molar refractivity (Wildman–Crippen MR) is 78.2 cm³/mol. The predicted octanol–water partition coefficient (Wildman–Crippen LogP) is 1.42. The van der Waals surface area contributed by atoms with Crippen molar-refractivity contribution < 1.29 is 14.3 Å². The van der Waals surface area contributed by atoms with Crippen LogP contribution in [0.1, 0.15) is 40.5 Å². The second-order valence-electron chi connectivity index (χ2n) is 5.82. The topological polar surface area (TPSA) is 58.6 Å². The average molecular weight is 284 g/mol. The Labute approximate surface area is 122 Å². The van der Waals surface area contributed by atoms with E-state index >= 15 is 0 Å². The van der Waals surface area contributed by atoms with Crippen molar-refractivity contribution in [2.45, 2.75) is 46.6 Å². The van der Waals surface area contributed by atoms with E-state index in [2.05, 4.69) is 17.1 Å². The standard InChI is InChI=1S/C15H28N2O3/c1-5-17-9-12(8-14(18)20-6-2)7-13(10-17)16-15(19)11(3)4/h11-13H,5-10H2,1-4H3,(H,16,19). The van der Waals surface area contributed by atoms with Gasteiger partial charge in [0.1, 0.15) is 0 Å². The molecule has 5 heteroatoms. The molecule has 1 amide bonds. The third-order valence-corrected chi connectivity index (χ3v) is 3.69. The molecule has 1 fully saturated rings. The number of carbonyl (C=O) groups is 2. The monoisotopic (exact) mass is 284 g/mol. The Bertz CT molecular complexity index is 331. The Kier molecular flexibility index (Phi) is 6.99.